The standard InChI is InChI=1S/C33H33NO4/c1-32(2,3)23-13-10-14-24-29(23)31(36)30(33(4,5)6)25(34-24)19-37-21-15-16-22-26(35)18-27(38-28(22)17-21)20-11-8-7-9-12-20/h7-18H,19H2,1-6H3,(H,34,36). The SMILES string of the molecule is CC(C)(C)c1c(COc2ccc3c(=O)cc(-c4ccccc4)oc3c2)[nH]c2cccc(C(C)(C)C)c2c1=O. The van der Waals surface area contributed by atoms with Gasteiger partial charge in [-0.05, 0) is 34.6 Å². The molecule has 0 unspecified atom stereocenters. The van der Waals surface area contributed by atoms with E-state index in [-0.39, 0.29) is 22.9 Å². The number of fused-ring (bicyclic) bond motifs is 2. The van der Waals surface area contributed by atoms with Crippen LogP contribution in [0.25, 0.3) is 33.2 Å². The number of benzene rings is 3. The van der Waals surface area contributed by atoms with Crippen LogP contribution in [0.1, 0.15) is 58.4 Å². The van der Waals surface area contributed by atoms with Crippen LogP contribution in [0.5, 0.6) is 5.75 Å². The van der Waals surface area contributed by atoms with Gasteiger partial charge in [-0.15, -0.1) is 0 Å². The van der Waals surface area contributed by atoms with Crippen LogP contribution in [0.15, 0.2) is 86.8 Å². The molecule has 0 spiro atoms. The number of nitrogens with one attached hydrogen (secondary N) is 1. The fraction of sp³-hybridized carbons (Fsp3) is 0.273. The van der Waals surface area contributed by atoms with Crippen LogP contribution < -0.4 is 15.6 Å². The molecule has 0 aliphatic carbocycles. The van der Waals surface area contributed by atoms with Crippen molar-refractivity contribution in [3.63, 3.8) is 0 Å². The molecule has 0 bridgehead atoms. The number of hydrogen-bond acceptors (Lipinski definition) is 4. The van der Waals surface area contributed by atoms with Crippen molar-refractivity contribution in [3.05, 3.63) is 110 Å². The van der Waals surface area contributed by atoms with Crippen molar-refractivity contribution in [2.75, 3.05) is 0 Å². The largest absolute Gasteiger partial charge is 0.487 e. The minimum atomic E-state index is -0.397. The molecule has 194 valence electrons. The van der Waals surface area contributed by atoms with E-state index in [2.05, 4.69) is 25.8 Å². The molecule has 0 saturated heterocycles. The summed E-state index contributed by atoms with van der Waals surface area (Å²) in [5.74, 6) is 1.05. The van der Waals surface area contributed by atoms with Gasteiger partial charge in [-0.3, -0.25) is 9.59 Å². The molecule has 0 aliphatic heterocycles. The highest BCUT2D eigenvalue weighted by Gasteiger charge is 2.27. The Hall–Kier alpha value is -4.12. The summed E-state index contributed by atoms with van der Waals surface area (Å²) in [7, 11) is 0. The predicted octanol–water partition coefficient (Wildman–Crippen LogP) is 7.48. The lowest BCUT2D eigenvalue weighted by molar-refractivity contribution is 0.297. The Morgan fingerprint density at radius 2 is 1.55 bits per heavy atom. The van der Waals surface area contributed by atoms with Gasteiger partial charge < -0.3 is 14.1 Å². The molecule has 5 aromatic rings. The van der Waals surface area contributed by atoms with Gasteiger partial charge in [0.1, 0.15) is 23.7 Å². The molecular formula is C33H33NO4. The van der Waals surface area contributed by atoms with Gasteiger partial charge >= 0.3 is 0 Å². The summed E-state index contributed by atoms with van der Waals surface area (Å²) in [6.45, 7) is 12.7. The van der Waals surface area contributed by atoms with Gasteiger partial charge in [0, 0.05) is 34.2 Å². The molecule has 2 heterocycles. The number of H-pyrrole nitrogens is 1. The number of pyridine rings is 1. The number of aromatic nitrogens is 1. The summed E-state index contributed by atoms with van der Waals surface area (Å²) in [5.41, 5.74) is 3.90. The lowest BCUT2D eigenvalue weighted by Gasteiger charge is -2.26. The van der Waals surface area contributed by atoms with Gasteiger partial charge in [0.2, 0.25) is 0 Å². The smallest absolute Gasteiger partial charge is 0.193 e. The first-order valence-electron chi connectivity index (χ1n) is 12.9. The summed E-state index contributed by atoms with van der Waals surface area (Å²) in [6, 6.07) is 22.2. The average molecular weight is 508 g/mol. The van der Waals surface area contributed by atoms with E-state index < -0.39 is 5.41 Å². The summed E-state index contributed by atoms with van der Waals surface area (Å²) in [4.78, 5) is 30.2. The van der Waals surface area contributed by atoms with Gasteiger partial charge in [-0.25, -0.2) is 0 Å². The Morgan fingerprint density at radius 1 is 0.816 bits per heavy atom. The second-order valence-electron chi connectivity index (χ2n) is 11.8. The lowest BCUT2D eigenvalue weighted by Crippen LogP contribution is -2.29. The highest BCUT2D eigenvalue weighted by Crippen LogP contribution is 2.31. The van der Waals surface area contributed by atoms with Crippen molar-refractivity contribution in [2.24, 2.45) is 0 Å². The van der Waals surface area contributed by atoms with Crippen molar-refractivity contribution < 1.29 is 9.15 Å². The fourth-order valence-electron chi connectivity index (χ4n) is 5.04. The van der Waals surface area contributed by atoms with E-state index in [1.54, 1.807) is 18.2 Å². The van der Waals surface area contributed by atoms with Crippen LogP contribution in [0.4, 0.5) is 0 Å². The summed E-state index contributed by atoms with van der Waals surface area (Å²) >= 11 is 0. The molecule has 5 nitrogen and oxygen atoms in total. The van der Waals surface area contributed by atoms with Gasteiger partial charge in [0.25, 0.3) is 0 Å². The number of ether oxygens (including phenoxy) is 1. The highest BCUT2D eigenvalue weighted by atomic mass is 16.5. The van der Waals surface area contributed by atoms with Gasteiger partial charge in [-0.2, -0.15) is 0 Å². The molecule has 38 heavy (non-hydrogen) atoms. The Morgan fingerprint density at radius 3 is 2.24 bits per heavy atom. The van der Waals surface area contributed by atoms with Crippen molar-refractivity contribution in [1.29, 1.82) is 0 Å². The lowest BCUT2D eigenvalue weighted by atomic mass is 9.80. The molecule has 0 fully saturated rings. The van der Waals surface area contributed by atoms with Crippen molar-refractivity contribution >= 4 is 21.9 Å². The first-order valence-corrected chi connectivity index (χ1v) is 12.9. The summed E-state index contributed by atoms with van der Waals surface area (Å²) in [5, 5.41) is 1.22. The van der Waals surface area contributed by atoms with Crippen LogP contribution in [0, 0.1) is 0 Å². The maximum absolute atomic E-state index is 13.9. The third kappa shape index (κ3) is 4.76. The van der Waals surface area contributed by atoms with E-state index in [9.17, 15) is 9.59 Å². The Bertz CT molecular complexity index is 1760. The van der Waals surface area contributed by atoms with Crippen molar-refractivity contribution in [3.8, 4) is 17.1 Å². The van der Waals surface area contributed by atoms with E-state index in [4.69, 9.17) is 9.15 Å². The zero-order chi connectivity index (χ0) is 27.2. The van der Waals surface area contributed by atoms with Crippen molar-refractivity contribution in [1.82, 2.24) is 4.98 Å². The topological polar surface area (TPSA) is 72.3 Å². The maximum Gasteiger partial charge on any atom is 0.193 e. The van der Waals surface area contributed by atoms with Gasteiger partial charge in [-0.1, -0.05) is 84.0 Å². The quantitative estimate of drug-likeness (QED) is 0.274. The zero-order valence-corrected chi connectivity index (χ0v) is 22.8. The summed E-state index contributed by atoms with van der Waals surface area (Å²) in [6.07, 6.45) is 0. The first-order chi connectivity index (χ1) is 17.9. The molecule has 5 heteroatoms. The maximum atomic E-state index is 13.9. The van der Waals surface area contributed by atoms with Crippen LogP contribution in [-0.4, -0.2) is 4.98 Å². The molecular weight excluding hydrogens is 474 g/mol. The zero-order valence-electron chi connectivity index (χ0n) is 22.8. The van der Waals surface area contributed by atoms with Crippen LogP contribution in [0.2, 0.25) is 0 Å². The molecule has 0 aliphatic rings. The monoisotopic (exact) mass is 507 g/mol. The predicted molar refractivity (Wildman–Crippen MR) is 154 cm³/mol. The minimum Gasteiger partial charge on any atom is -0.487 e. The van der Waals surface area contributed by atoms with E-state index in [0.29, 0.717) is 28.0 Å². The Balaban J connectivity index is 1.56. The molecule has 0 amide bonds. The molecule has 0 radical (unpaired) electrons. The van der Waals surface area contributed by atoms with Crippen molar-refractivity contribution in [2.45, 2.75) is 59.0 Å². The normalized spacial score (nSPS) is 12.3. The Kier molecular flexibility index (Phi) is 6.26. The Labute approximate surface area is 222 Å². The second-order valence-corrected chi connectivity index (χ2v) is 11.8. The molecule has 2 aromatic heterocycles. The summed E-state index contributed by atoms with van der Waals surface area (Å²) < 4.78 is 12.3. The van der Waals surface area contributed by atoms with Gasteiger partial charge in [0.15, 0.2) is 10.9 Å². The van der Waals surface area contributed by atoms with E-state index in [0.717, 1.165) is 27.7 Å². The van der Waals surface area contributed by atoms with Crippen LogP contribution in [-0.2, 0) is 17.4 Å². The fourth-order valence-corrected chi connectivity index (χ4v) is 5.04. The number of aromatic amines is 1. The van der Waals surface area contributed by atoms with E-state index in [1.165, 1.54) is 6.07 Å². The minimum absolute atomic E-state index is 0.0346. The van der Waals surface area contributed by atoms with Gasteiger partial charge in [0.05, 0.1) is 11.1 Å². The molecule has 3 aromatic carbocycles. The number of hydrogen-bond donors (Lipinski definition) is 1. The molecule has 5 rings (SSSR count). The third-order valence-corrected chi connectivity index (χ3v) is 6.81. The third-order valence-electron chi connectivity index (χ3n) is 6.81. The first kappa shape index (κ1) is 25.5. The molecule has 0 atom stereocenters. The van der Waals surface area contributed by atoms with Crippen LogP contribution in [0.3, 0.4) is 0 Å². The second kappa shape index (κ2) is 9.32. The van der Waals surface area contributed by atoms with Crippen LogP contribution >= 0.6 is 0 Å². The van der Waals surface area contributed by atoms with E-state index in [1.807, 2.05) is 69.3 Å². The molecule has 1 N–H and O–H groups in total. The molecule has 0 saturated carbocycles. The number of rotatable bonds is 4. The average Bonchev–Trinajstić information content (AvgIpc) is 2.86. The highest BCUT2D eigenvalue weighted by molar-refractivity contribution is 5.84. The van der Waals surface area contributed by atoms with E-state index >= 15 is 0 Å².